The number of nitrogens with zero attached hydrogens (tertiary/aromatic N) is 2. The highest BCUT2D eigenvalue weighted by Gasteiger charge is 2.23. The Morgan fingerprint density at radius 1 is 0.380 bits per heavy atom. The van der Waals surface area contributed by atoms with E-state index in [9.17, 15) is 0 Å². The fraction of sp³-hybridized carbons (Fsp3) is 0.0769. The van der Waals surface area contributed by atoms with Crippen molar-refractivity contribution >= 4 is 80.2 Å². The monoisotopic (exact) mass is 948 g/mol. The molecule has 0 radical (unpaired) electrons. The largest absolute Gasteiger partial charge is 0.354 e. The molecule has 0 fully saturated rings. The second kappa shape index (κ2) is 18.0. The quantitative estimate of drug-likeness (QED) is 0.159. The molecule has 0 saturated heterocycles. The third-order valence-corrected chi connectivity index (χ3v) is 16.2. The van der Waals surface area contributed by atoms with Crippen LogP contribution in [0.15, 0.2) is 181 Å². The van der Waals surface area contributed by atoms with Crippen LogP contribution in [0.3, 0.4) is 0 Å². The fourth-order valence-corrected chi connectivity index (χ4v) is 12.6. The predicted molar refractivity (Wildman–Crippen MR) is 304 cm³/mol. The summed E-state index contributed by atoms with van der Waals surface area (Å²) < 4.78 is 0. The third kappa shape index (κ3) is 7.86. The normalized spacial score (nSPS) is 13.2. The molecule has 2 aliphatic heterocycles. The van der Waals surface area contributed by atoms with Crippen molar-refractivity contribution in [2.75, 3.05) is 0 Å². The van der Waals surface area contributed by atoms with Gasteiger partial charge in [-0.15, -0.1) is 22.7 Å². The van der Waals surface area contributed by atoms with Crippen molar-refractivity contribution < 1.29 is 0 Å². The van der Waals surface area contributed by atoms with Gasteiger partial charge in [-0.1, -0.05) is 140 Å². The number of thiophene rings is 2. The van der Waals surface area contributed by atoms with Crippen LogP contribution in [-0.2, 0) is 0 Å². The number of aryl methyl sites for hydroxylation is 2. The van der Waals surface area contributed by atoms with Gasteiger partial charge in [-0.25, -0.2) is 9.97 Å². The number of hydrogen-bond acceptors (Lipinski definition) is 4. The van der Waals surface area contributed by atoms with Crippen LogP contribution in [0.25, 0.3) is 124 Å². The first-order valence-electron chi connectivity index (χ1n) is 24.4. The molecular formula is C65H48N4S2. The summed E-state index contributed by atoms with van der Waals surface area (Å²) >= 11 is 3.77. The van der Waals surface area contributed by atoms with Crippen molar-refractivity contribution in [3.8, 4) is 66.1 Å². The first kappa shape index (κ1) is 42.9. The molecule has 0 saturated carbocycles. The molecule has 4 nitrogen and oxygen atoms in total. The molecule has 2 N–H and O–H groups in total. The van der Waals surface area contributed by atoms with Gasteiger partial charge >= 0.3 is 0 Å². The minimum Gasteiger partial charge on any atom is -0.354 e. The Labute approximate surface area is 421 Å². The topological polar surface area (TPSA) is 57.4 Å². The van der Waals surface area contributed by atoms with Crippen LogP contribution in [0.2, 0.25) is 0 Å². The zero-order valence-corrected chi connectivity index (χ0v) is 41.1. The third-order valence-electron chi connectivity index (χ3n) is 14.3. The summed E-state index contributed by atoms with van der Waals surface area (Å²) in [7, 11) is 0. The van der Waals surface area contributed by atoms with Gasteiger partial charge in [0, 0.05) is 59.0 Å². The van der Waals surface area contributed by atoms with Gasteiger partial charge in [-0.2, -0.15) is 0 Å². The van der Waals surface area contributed by atoms with Crippen LogP contribution < -0.4 is 0 Å². The molecule has 0 atom stereocenters. The van der Waals surface area contributed by atoms with Gasteiger partial charge < -0.3 is 9.97 Å². The highest BCUT2D eigenvalue weighted by Crippen LogP contribution is 2.46. The second-order valence-corrected chi connectivity index (χ2v) is 20.9. The van der Waals surface area contributed by atoms with E-state index in [1.807, 2.05) is 22.7 Å². The van der Waals surface area contributed by atoms with Gasteiger partial charge in [0.1, 0.15) is 0 Å². The van der Waals surface area contributed by atoms with E-state index in [-0.39, 0.29) is 0 Å². The number of hydrogen-bond donors (Lipinski definition) is 2. The molecule has 6 heteroatoms. The van der Waals surface area contributed by atoms with E-state index in [0.717, 1.165) is 95.8 Å². The van der Waals surface area contributed by atoms with Gasteiger partial charge in [0.25, 0.3) is 0 Å². The van der Waals surface area contributed by atoms with Crippen molar-refractivity contribution in [3.05, 3.63) is 225 Å². The van der Waals surface area contributed by atoms with Gasteiger partial charge in [0.2, 0.25) is 0 Å². The highest BCUT2D eigenvalue weighted by atomic mass is 32.1. The molecule has 10 aromatic rings. The molecule has 3 aliphatic rings. The standard InChI is InChI=1S/C65H48N4S2/c1-40-49(37-38-70-40)50-19-12-20-51(50)52-39-61(71-41(52)2)44-25-21-42(22-26-44)43-23-27-48(28-24-43)65-59-35-33-57(68-59)63(46-15-8-4-9-16-46)55-31-29-53(66-55)62(45-13-6-3-7-14-45)54-30-32-56(67-54)64(47-17-10-5-11-18-47)58-34-36-60(65)69-58/h3-11,13-18,21-39,66,69H,12,19-20H2,1-2H3. The molecule has 7 heterocycles. The van der Waals surface area contributed by atoms with E-state index in [0.29, 0.717) is 0 Å². The maximum Gasteiger partial charge on any atom is 0.0737 e. The SMILES string of the molecule is Cc1sccc1C1=C(c2cc(-c3ccc(-c4ccc(-c5c6nc(c(-c7ccccc7)c7ccc([nH]7)c(-c7ccccc7)c7nc(c(-c8ccccc8)c8ccc5[nH]8)C=C7)C=C6)cc4)cc3)sc2C)CCC1. The first-order chi connectivity index (χ1) is 35.0. The number of aromatic amines is 2. The van der Waals surface area contributed by atoms with E-state index in [2.05, 4.69) is 229 Å². The molecule has 13 rings (SSSR count). The zero-order chi connectivity index (χ0) is 47.4. The Balaban J connectivity index is 0.952. The zero-order valence-electron chi connectivity index (χ0n) is 39.5. The first-order valence-corrected chi connectivity index (χ1v) is 26.1. The number of benzene rings is 5. The molecule has 0 amide bonds. The summed E-state index contributed by atoms with van der Waals surface area (Å²) in [6.45, 7) is 4.55. The number of H-pyrrole nitrogens is 2. The summed E-state index contributed by atoms with van der Waals surface area (Å²) in [5.74, 6) is 0. The lowest BCUT2D eigenvalue weighted by atomic mass is 9.97. The molecule has 5 aromatic heterocycles. The number of aromatic nitrogens is 4. The predicted octanol–water partition coefficient (Wildman–Crippen LogP) is 18.5. The van der Waals surface area contributed by atoms with Crippen molar-refractivity contribution in [1.82, 2.24) is 19.9 Å². The van der Waals surface area contributed by atoms with Crippen LogP contribution in [0, 0.1) is 13.8 Å². The van der Waals surface area contributed by atoms with Gasteiger partial charge in [-0.05, 0) is 160 Å². The minimum atomic E-state index is 0.890. The minimum absolute atomic E-state index is 0.890. The number of allylic oxidation sites excluding steroid dienone is 2. The van der Waals surface area contributed by atoms with Crippen LogP contribution >= 0.6 is 22.7 Å². The smallest absolute Gasteiger partial charge is 0.0737 e. The lowest BCUT2D eigenvalue weighted by Gasteiger charge is -2.08. The Morgan fingerprint density at radius 2 is 0.761 bits per heavy atom. The Morgan fingerprint density at radius 3 is 1.17 bits per heavy atom. The van der Waals surface area contributed by atoms with Crippen LogP contribution in [-0.4, -0.2) is 19.9 Å². The molecule has 5 aromatic carbocycles. The van der Waals surface area contributed by atoms with E-state index in [1.54, 1.807) is 11.1 Å². The molecule has 1 aliphatic carbocycles. The number of nitrogens with one attached hydrogen (secondary N) is 2. The highest BCUT2D eigenvalue weighted by molar-refractivity contribution is 7.15. The van der Waals surface area contributed by atoms with E-state index >= 15 is 0 Å². The summed E-state index contributed by atoms with van der Waals surface area (Å²) in [6.07, 6.45) is 12.2. The lowest BCUT2D eigenvalue weighted by Crippen LogP contribution is -1.89. The Hall–Kier alpha value is -8.16. The number of rotatable bonds is 8. The van der Waals surface area contributed by atoms with E-state index in [1.165, 1.54) is 55.3 Å². The second-order valence-electron chi connectivity index (χ2n) is 18.5. The molecule has 71 heavy (non-hydrogen) atoms. The van der Waals surface area contributed by atoms with E-state index < -0.39 is 0 Å². The van der Waals surface area contributed by atoms with Crippen molar-refractivity contribution in [1.29, 1.82) is 0 Å². The van der Waals surface area contributed by atoms with Crippen LogP contribution in [0.5, 0.6) is 0 Å². The average molecular weight is 949 g/mol. The summed E-state index contributed by atoms with van der Waals surface area (Å²) in [6, 6.07) is 63.3. The maximum absolute atomic E-state index is 5.52. The summed E-state index contributed by atoms with van der Waals surface area (Å²) in [5, 5.41) is 2.24. The number of fused-ring (bicyclic) bond motifs is 8. The fourth-order valence-electron chi connectivity index (χ4n) is 10.9. The maximum atomic E-state index is 5.52. The molecule has 0 unspecified atom stereocenters. The van der Waals surface area contributed by atoms with Gasteiger partial charge in [-0.3, -0.25) is 0 Å². The van der Waals surface area contributed by atoms with Gasteiger partial charge in [0.15, 0.2) is 0 Å². The van der Waals surface area contributed by atoms with Crippen LogP contribution in [0.1, 0.15) is 62.9 Å². The average Bonchev–Trinajstić information content (AvgIpc) is 4.28. The molecule has 8 bridgehead atoms. The molecule has 340 valence electrons. The van der Waals surface area contributed by atoms with Crippen molar-refractivity contribution in [2.24, 2.45) is 0 Å². The van der Waals surface area contributed by atoms with Crippen molar-refractivity contribution in [2.45, 2.75) is 33.1 Å². The van der Waals surface area contributed by atoms with Crippen LogP contribution in [0.4, 0.5) is 0 Å². The molecule has 0 spiro atoms. The lowest BCUT2D eigenvalue weighted by molar-refractivity contribution is 0.941. The Bertz CT molecular complexity index is 3900. The summed E-state index contributed by atoms with van der Waals surface area (Å²) in [5.41, 5.74) is 25.6. The van der Waals surface area contributed by atoms with Gasteiger partial charge in [0.05, 0.1) is 22.8 Å². The van der Waals surface area contributed by atoms with Crippen molar-refractivity contribution in [3.63, 3.8) is 0 Å². The summed E-state index contributed by atoms with van der Waals surface area (Å²) in [4.78, 5) is 22.9. The van der Waals surface area contributed by atoms with E-state index in [4.69, 9.17) is 9.97 Å². The Kier molecular flexibility index (Phi) is 10.9. The molecular weight excluding hydrogens is 901 g/mol.